The van der Waals surface area contributed by atoms with Gasteiger partial charge in [0.15, 0.2) is 9.84 Å². The Balaban J connectivity index is 2.06. The van der Waals surface area contributed by atoms with Gasteiger partial charge in [-0.25, -0.2) is 8.42 Å². The van der Waals surface area contributed by atoms with E-state index in [1.165, 1.54) is 12.1 Å². The van der Waals surface area contributed by atoms with E-state index in [2.05, 4.69) is 5.32 Å². The average molecular weight is 296 g/mol. The van der Waals surface area contributed by atoms with E-state index < -0.39 is 9.84 Å². The van der Waals surface area contributed by atoms with Crippen LogP contribution >= 0.6 is 0 Å². The molecule has 2 atom stereocenters. The van der Waals surface area contributed by atoms with Crippen molar-refractivity contribution >= 4 is 21.4 Å². The van der Waals surface area contributed by atoms with Gasteiger partial charge >= 0.3 is 0 Å². The van der Waals surface area contributed by atoms with Crippen LogP contribution in [0.3, 0.4) is 0 Å². The number of hydrogen-bond acceptors (Lipinski definition) is 4. The summed E-state index contributed by atoms with van der Waals surface area (Å²) in [4.78, 5) is 12.3. The SMILES string of the molecule is CCS(=O)(=O)c1ccc(NC(=O)C2CCCC2N)cc1. The number of carbonyl (C=O) groups excluding carboxylic acids is 1. The largest absolute Gasteiger partial charge is 0.327 e. The van der Waals surface area contributed by atoms with Gasteiger partial charge in [-0.2, -0.15) is 0 Å². The highest BCUT2D eigenvalue weighted by Gasteiger charge is 2.30. The summed E-state index contributed by atoms with van der Waals surface area (Å²) in [5, 5.41) is 2.80. The summed E-state index contributed by atoms with van der Waals surface area (Å²) in [6, 6.07) is 6.18. The fraction of sp³-hybridized carbons (Fsp3) is 0.500. The average Bonchev–Trinajstić information content (AvgIpc) is 2.85. The van der Waals surface area contributed by atoms with E-state index in [1.54, 1.807) is 19.1 Å². The summed E-state index contributed by atoms with van der Waals surface area (Å²) in [5.74, 6) is -0.162. The normalized spacial score (nSPS) is 22.7. The van der Waals surface area contributed by atoms with Gasteiger partial charge in [0, 0.05) is 11.7 Å². The molecule has 2 unspecified atom stereocenters. The Kier molecular flexibility index (Phi) is 4.45. The summed E-state index contributed by atoms with van der Waals surface area (Å²) >= 11 is 0. The van der Waals surface area contributed by atoms with Crippen LogP contribution in [0.25, 0.3) is 0 Å². The van der Waals surface area contributed by atoms with Crippen molar-refractivity contribution in [3.63, 3.8) is 0 Å². The van der Waals surface area contributed by atoms with Crippen LogP contribution in [0.2, 0.25) is 0 Å². The minimum atomic E-state index is -3.20. The molecule has 6 heteroatoms. The maximum absolute atomic E-state index is 12.1. The van der Waals surface area contributed by atoms with E-state index in [9.17, 15) is 13.2 Å². The summed E-state index contributed by atoms with van der Waals surface area (Å²) in [5.41, 5.74) is 6.49. The third-order valence-corrected chi connectivity index (χ3v) is 5.52. The molecule has 0 bridgehead atoms. The number of carbonyl (C=O) groups is 1. The summed E-state index contributed by atoms with van der Waals surface area (Å²) in [7, 11) is -3.20. The predicted octanol–water partition coefficient (Wildman–Crippen LogP) is 1.55. The molecule has 0 heterocycles. The number of sulfone groups is 1. The van der Waals surface area contributed by atoms with Crippen molar-refractivity contribution in [3.8, 4) is 0 Å². The van der Waals surface area contributed by atoms with Gasteiger partial charge in [0.1, 0.15) is 0 Å². The van der Waals surface area contributed by atoms with Gasteiger partial charge in [-0.15, -0.1) is 0 Å². The van der Waals surface area contributed by atoms with Gasteiger partial charge < -0.3 is 11.1 Å². The first kappa shape index (κ1) is 15.0. The monoisotopic (exact) mass is 296 g/mol. The predicted molar refractivity (Wildman–Crippen MR) is 78.1 cm³/mol. The van der Waals surface area contributed by atoms with E-state index in [4.69, 9.17) is 5.73 Å². The lowest BCUT2D eigenvalue weighted by atomic mass is 10.0. The van der Waals surface area contributed by atoms with Crippen LogP contribution in [0.5, 0.6) is 0 Å². The Morgan fingerprint density at radius 3 is 2.45 bits per heavy atom. The van der Waals surface area contributed by atoms with Gasteiger partial charge in [-0.05, 0) is 37.1 Å². The van der Waals surface area contributed by atoms with E-state index in [-0.39, 0.29) is 28.5 Å². The molecule has 0 aliphatic heterocycles. The Labute approximate surface area is 119 Å². The van der Waals surface area contributed by atoms with Crippen LogP contribution in [0.1, 0.15) is 26.2 Å². The van der Waals surface area contributed by atoms with Crippen molar-refractivity contribution < 1.29 is 13.2 Å². The smallest absolute Gasteiger partial charge is 0.229 e. The molecular formula is C14H20N2O3S. The molecule has 1 aliphatic carbocycles. The Morgan fingerprint density at radius 2 is 1.95 bits per heavy atom. The molecular weight excluding hydrogens is 276 g/mol. The second-order valence-electron chi connectivity index (χ2n) is 5.12. The maximum Gasteiger partial charge on any atom is 0.229 e. The number of hydrogen-bond donors (Lipinski definition) is 2. The maximum atomic E-state index is 12.1. The number of rotatable bonds is 4. The molecule has 0 aromatic heterocycles. The molecule has 2 rings (SSSR count). The van der Waals surface area contributed by atoms with Crippen molar-refractivity contribution in [2.75, 3.05) is 11.1 Å². The van der Waals surface area contributed by atoms with Crippen LogP contribution < -0.4 is 11.1 Å². The van der Waals surface area contributed by atoms with Gasteiger partial charge in [0.25, 0.3) is 0 Å². The van der Waals surface area contributed by atoms with Crippen molar-refractivity contribution in [2.45, 2.75) is 37.1 Å². The van der Waals surface area contributed by atoms with Crippen LogP contribution in [0.4, 0.5) is 5.69 Å². The number of nitrogens with one attached hydrogen (secondary N) is 1. The zero-order valence-electron chi connectivity index (χ0n) is 11.5. The van der Waals surface area contributed by atoms with Crippen molar-refractivity contribution in [1.82, 2.24) is 0 Å². The molecule has 1 saturated carbocycles. The summed E-state index contributed by atoms with van der Waals surface area (Å²) in [6.45, 7) is 1.60. The van der Waals surface area contributed by atoms with E-state index in [0.29, 0.717) is 5.69 Å². The number of nitrogens with two attached hydrogens (primary N) is 1. The van der Waals surface area contributed by atoms with E-state index >= 15 is 0 Å². The standard InChI is InChI=1S/C14H20N2O3S/c1-2-20(18,19)11-8-6-10(7-9-11)16-14(17)12-4-3-5-13(12)15/h6-9,12-13H,2-5,15H2,1H3,(H,16,17). The third kappa shape index (κ3) is 3.19. The van der Waals surface area contributed by atoms with E-state index in [1.807, 2.05) is 0 Å². The summed E-state index contributed by atoms with van der Waals surface area (Å²) < 4.78 is 23.4. The lowest BCUT2D eigenvalue weighted by molar-refractivity contribution is -0.120. The molecule has 1 aromatic rings. The van der Waals surface area contributed by atoms with Crippen LogP contribution in [0, 0.1) is 5.92 Å². The Bertz CT molecular complexity index is 581. The van der Waals surface area contributed by atoms with Crippen LogP contribution in [-0.4, -0.2) is 26.1 Å². The second-order valence-corrected chi connectivity index (χ2v) is 7.40. The van der Waals surface area contributed by atoms with Gasteiger partial charge in [0.05, 0.1) is 16.6 Å². The highest BCUT2D eigenvalue weighted by atomic mass is 32.2. The first-order valence-electron chi connectivity index (χ1n) is 6.83. The molecule has 1 amide bonds. The fourth-order valence-corrected chi connectivity index (χ4v) is 3.35. The molecule has 110 valence electrons. The van der Waals surface area contributed by atoms with Crippen molar-refractivity contribution in [3.05, 3.63) is 24.3 Å². The molecule has 20 heavy (non-hydrogen) atoms. The van der Waals surface area contributed by atoms with Gasteiger partial charge in [0.2, 0.25) is 5.91 Å². The number of amides is 1. The van der Waals surface area contributed by atoms with Gasteiger partial charge in [-0.3, -0.25) is 4.79 Å². The number of anilines is 1. The van der Waals surface area contributed by atoms with Crippen LogP contribution in [0.15, 0.2) is 29.2 Å². The minimum absolute atomic E-state index is 0.0651. The molecule has 3 N–H and O–H groups in total. The molecule has 0 spiro atoms. The van der Waals surface area contributed by atoms with Crippen molar-refractivity contribution in [1.29, 1.82) is 0 Å². The lowest BCUT2D eigenvalue weighted by Gasteiger charge is -2.15. The molecule has 1 aliphatic rings. The molecule has 5 nitrogen and oxygen atoms in total. The van der Waals surface area contributed by atoms with E-state index in [0.717, 1.165) is 19.3 Å². The third-order valence-electron chi connectivity index (χ3n) is 3.77. The number of benzene rings is 1. The Morgan fingerprint density at radius 1 is 1.30 bits per heavy atom. The first-order chi connectivity index (χ1) is 9.44. The molecule has 0 saturated heterocycles. The minimum Gasteiger partial charge on any atom is -0.327 e. The molecule has 1 aromatic carbocycles. The zero-order chi connectivity index (χ0) is 14.8. The summed E-state index contributed by atoms with van der Waals surface area (Å²) in [6.07, 6.45) is 2.67. The second kappa shape index (κ2) is 5.93. The first-order valence-corrected chi connectivity index (χ1v) is 8.48. The highest BCUT2D eigenvalue weighted by Crippen LogP contribution is 2.25. The zero-order valence-corrected chi connectivity index (χ0v) is 12.3. The molecule has 0 radical (unpaired) electrons. The Hall–Kier alpha value is -1.40. The van der Waals surface area contributed by atoms with Crippen molar-refractivity contribution in [2.24, 2.45) is 11.7 Å². The van der Waals surface area contributed by atoms with Gasteiger partial charge in [-0.1, -0.05) is 13.3 Å². The fourth-order valence-electron chi connectivity index (χ4n) is 2.46. The topological polar surface area (TPSA) is 89.3 Å². The quantitative estimate of drug-likeness (QED) is 0.882. The van der Waals surface area contributed by atoms with Crippen LogP contribution in [-0.2, 0) is 14.6 Å². The highest BCUT2D eigenvalue weighted by molar-refractivity contribution is 7.91. The lowest BCUT2D eigenvalue weighted by Crippen LogP contribution is -2.34. The molecule has 1 fully saturated rings.